The van der Waals surface area contributed by atoms with E-state index in [9.17, 15) is 17.6 Å². The number of alkyl halides is 3. The maximum absolute atomic E-state index is 13.2. The van der Waals surface area contributed by atoms with Crippen molar-refractivity contribution in [3.05, 3.63) is 58.4 Å². The summed E-state index contributed by atoms with van der Waals surface area (Å²) in [4.78, 5) is 7.70. The predicted molar refractivity (Wildman–Crippen MR) is 61.3 cm³/mol. The van der Waals surface area contributed by atoms with Crippen LogP contribution in [0.3, 0.4) is 0 Å². The Hall–Kier alpha value is -1.69. The van der Waals surface area contributed by atoms with Crippen molar-refractivity contribution in [1.82, 2.24) is 9.97 Å². The van der Waals surface area contributed by atoms with Crippen molar-refractivity contribution in [2.24, 2.45) is 0 Å². The van der Waals surface area contributed by atoms with Gasteiger partial charge < -0.3 is 0 Å². The van der Waals surface area contributed by atoms with Gasteiger partial charge in [-0.2, -0.15) is 13.2 Å². The van der Waals surface area contributed by atoms with E-state index in [4.69, 9.17) is 11.6 Å². The smallest absolute Gasteiger partial charge is 0.241 e. The van der Waals surface area contributed by atoms with E-state index in [-0.39, 0.29) is 23.0 Å². The predicted octanol–water partition coefficient (Wildman–Crippen LogP) is 3.88. The first-order valence-corrected chi connectivity index (χ1v) is 5.56. The van der Waals surface area contributed by atoms with Gasteiger partial charge in [-0.05, 0) is 29.8 Å². The molecule has 0 unspecified atom stereocenters. The van der Waals surface area contributed by atoms with Crippen LogP contribution in [-0.4, -0.2) is 9.97 Å². The molecular formula is C12H7ClF4N2. The molecular weight excluding hydrogens is 284 g/mol. The summed E-state index contributed by atoms with van der Waals surface area (Å²) < 4.78 is 50.8. The van der Waals surface area contributed by atoms with E-state index in [0.717, 1.165) is 12.1 Å². The largest absolute Gasteiger partial charge is 0.416 e. The highest BCUT2D eigenvalue weighted by molar-refractivity contribution is 6.29. The van der Waals surface area contributed by atoms with E-state index in [1.807, 2.05) is 0 Å². The molecule has 0 aliphatic rings. The van der Waals surface area contributed by atoms with Crippen LogP contribution in [0, 0.1) is 5.82 Å². The Morgan fingerprint density at radius 2 is 1.89 bits per heavy atom. The molecule has 2 nitrogen and oxygen atoms in total. The summed E-state index contributed by atoms with van der Waals surface area (Å²) in [5.41, 5.74) is -0.904. The first kappa shape index (κ1) is 13.7. The van der Waals surface area contributed by atoms with Crippen LogP contribution in [0.1, 0.15) is 17.0 Å². The lowest BCUT2D eigenvalue weighted by molar-refractivity contribution is -0.137. The summed E-state index contributed by atoms with van der Waals surface area (Å²) in [6, 6.07) is 3.77. The molecule has 100 valence electrons. The Morgan fingerprint density at radius 3 is 2.53 bits per heavy atom. The third-order valence-corrected chi connectivity index (χ3v) is 2.53. The van der Waals surface area contributed by atoms with Gasteiger partial charge in [-0.1, -0.05) is 11.6 Å². The van der Waals surface area contributed by atoms with Gasteiger partial charge in [0.25, 0.3) is 0 Å². The van der Waals surface area contributed by atoms with Crippen LogP contribution in [0.5, 0.6) is 0 Å². The van der Waals surface area contributed by atoms with E-state index >= 15 is 0 Å². The number of rotatable bonds is 2. The van der Waals surface area contributed by atoms with Crippen LogP contribution < -0.4 is 0 Å². The van der Waals surface area contributed by atoms with Gasteiger partial charge in [-0.3, -0.25) is 0 Å². The molecule has 0 spiro atoms. The van der Waals surface area contributed by atoms with E-state index in [1.54, 1.807) is 0 Å². The molecule has 0 bridgehead atoms. The molecule has 0 atom stereocenters. The molecule has 7 heteroatoms. The van der Waals surface area contributed by atoms with E-state index in [0.29, 0.717) is 6.07 Å². The normalized spacial score (nSPS) is 11.6. The van der Waals surface area contributed by atoms with Crippen molar-refractivity contribution in [3.63, 3.8) is 0 Å². The molecule has 1 aromatic carbocycles. The fourth-order valence-electron chi connectivity index (χ4n) is 1.56. The number of hydrogen-bond acceptors (Lipinski definition) is 2. The van der Waals surface area contributed by atoms with E-state index in [1.165, 1.54) is 12.3 Å². The maximum Gasteiger partial charge on any atom is 0.416 e. The zero-order chi connectivity index (χ0) is 14.0. The lowest BCUT2D eigenvalue weighted by atomic mass is 10.1. The van der Waals surface area contributed by atoms with Gasteiger partial charge >= 0.3 is 6.18 Å². The quantitative estimate of drug-likeness (QED) is 0.619. The van der Waals surface area contributed by atoms with Crippen LogP contribution in [-0.2, 0) is 12.6 Å². The molecule has 0 saturated carbocycles. The van der Waals surface area contributed by atoms with Crippen molar-refractivity contribution in [1.29, 1.82) is 0 Å². The Kier molecular flexibility index (Phi) is 3.71. The zero-order valence-corrected chi connectivity index (χ0v) is 10.1. The summed E-state index contributed by atoms with van der Waals surface area (Å²) in [5.74, 6) is -0.724. The number of hydrogen-bond donors (Lipinski definition) is 0. The average Bonchev–Trinajstić information content (AvgIpc) is 2.26. The third kappa shape index (κ3) is 3.64. The van der Waals surface area contributed by atoms with Crippen molar-refractivity contribution >= 4 is 11.6 Å². The van der Waals surface area contributed by atoms with E-state index in [2.05, 4.69) is 9.97 Å². The minimum Gasteiger partial charge on any atom is -0.241 e. The number of nitrogens with zero attached hydrogens (tertiary/aromatic N) is 2. The van der Waals surface area contributed by atoms with Crippen LogP contribution in [0.25, 0.3) is 0 Å². The first-order chi connectivity index (χ1) is 8.84. The highest BCUT2D eigenvalue weighted by atomic mass is 35.5. The molecule has 0 amide bonds. The maximum atomic E-state index is 13.2. The molecule has 0 saturated heterocycles. The lowest BCUT2D eigenvalue weighted by Crippen LogP contribution is -2.07. The second-order valence-electron chi connectivity index (χ2n) is 3.82. The highest BCUT2D eigenvalue weighted by Crippen LogP contribution is 2.30. The topological polar surface area (TPSA) is 25.8 Å². The highest BCUT2D eigenvalue weighted by Gasteiger charge is 2.31. The molecule has 0 aliphatic carbocycles. The molecule has 1 aromatic heterocycles. The Bertz CT molecular complexity index is 599. The summed E-state index contributed by atoms with van der Waals surface area (Å²) in [7, 11) is 0. The van der Waals surface area contributed by atoms with Crippen molar-refractivity contribution in [2.45, 2.75) is 12.6 Å². The van der Waals surface area contributed by atoms with Crippen LogP contribution >= 0.6 is 11.6 Å². The molecule has 2 aromatic rings. The molecule has 2 rings (SSSR count). The minimum absolute atomic E-state index is 0.0264. The summed E-state index contributed by atoms with van der Waals surface area (Å²) >= 11 is 5.64. The van der Waals surface area contributed by atoms with E-state index < -0.39 is 17.6 Å². The molecule has 19 heavy (non-hydrogen) atoms. The summed E-state index contributed by atoms with van der Waals surface area (Å²) in [5, 5.41) is 0.178. The van der Waals surface area contributed by atoms with Gasteiger partial charge in [0.1, 0.15) is 16.8 Å². The standard InChI is InChI=1S/C12H7ClF4N2/c13-10-1-2-18-11(19-10)5-7-3-8(12(15,16)17)6-9(14)4-7/h1-4,6H,5H2. The summed E-state index contributed by atoms with van der Waals surface area (Å²) in [6.07, 6.45) is -3.23. The molecule has 0 N–H and O–H groups in total. The van der Waals surface area contributed by atoms with Gasteiger partial charge in [0.05, 0.1) is 5.56 Å². The van der Waals surface area contributed by atoms with Gasteiger partial charge in [-0.15, -0.1) is 0 Å². The Balaban J connectivity index is 2.33. The fraction of sp³-hybridized carbons (Fsp3) is 0.167. The molecule has 0 aliphatic heterocycles. The zero-order valence-electron chi connectivity index (χ0n) is 9.38. The fourth-order valence-corrected chi connectivity index (χ4v) is 1.71. The monoisotopic (exact) mass is 290 g/mol. The molecule has 0 radical (unpaired) electrons. The van der Waals surface area contributed by atoms with Crippen LogP contribution in [0.4, 0.5) is 17.6 Å². The Labute approximate surface area is 111 Å². The SMILES string of the molecule is Fc1cc(Cc2nccc(Cl)n2)cc(C(F)(F)F)c1. The minimum atomic E-state index is -4.59. The summed E-state index contributed by atoms with van der Waals surface area (Å²) in [6.45, 7) is 0. The second kappa shape index (κ2) is 5.13. The molecule has 1 heterocycles. The van der Waals surface area contributed by atoms with Crippen molar-refractivity contribution in [2.75, 3.05) is 0 Å². The lowest BCUT2D eigenvalue weighted by Gasteiger charge is -2.09. The number of aromatic nitrogens is 2. The van der Waals surface area contributed by atoms with Gasteiger partial charge in [0, 0.05) is 12.6 Å². The van der Waals surface area contributed by atoms with Gasteiger partial charge in [-0.25, -0.2) is 14.4 Å². The van der Waals surface area contributed by atoms with Gasteiger partial charge in [0.2, 0.25) is 0 Å². The van der Waals surface area contributed by atoms with Crippen LogP contribution in [0.15, 0.2) is 30.5 Å². The Morgan fingerprint density at radius 1 is 1.16 bits per heavy atom. The van der Waals surface area contributed by atoms with Crippen LogP contribution in [0.2, 0.25) is 5.15 Å². The molecule has 0 fully saturated rings. The van der Waals surface area contributed by atoms with Crippen molar-refractivity contribution < 1.29 is 17.6 Å². The number of halogens is 5. The number of benzene rings is 1. The first-order valence-electron chi connectivity index (χ1n) is 5.19. The second-order valence-corrected chi connectivity index (χ2v) is 4.21. The van der Waals surface area contributed by atoms with Gasteiger partial charge in [0.15, 0.2) is 0 Å². The average molecular weight is 291 g/mol. The third-order valence-electron chi connectivity index (χ3n) is 2.32. The van der Waals surface area contributed by atoms with Crippen molar-refractivity contribution in [3.8, 4) is 0 Å².